The molecule has 1 rings (SSSR count). The quantitative estimate of drug-likeness (QED) is 0.575. The summed E-state index contributed by atoms with van der Waals surface area (Å²) in [4.78, 5) is 0. The van der Waals surface area contributed by atoms with Crippen LogP contribution in [-0.2, 0) is 4.74 Å². The Morgan fingerprint density at radius 3 is 2.60 bits per heavy atom. The molecule has 1 saturated heterocycles. The lowest BCUT2D eigenvalue weighted by Gasteiger charge is -2.20. The molecule has 0 bridgehead atoms. The average molecular weight is 142 g/mol. The van der Waals surface area contributed by atoms with Crippen LogP contribution in [0, 0.1) is 11.8 Å². The molecule has 1 unspecified atom stereocenters. The summed E-state index contributed by atoms with van der Waals surface area (Å²) in [7, 11) is 0. The van der Waals surface area contributed by atoms with E-state index in [1.54, 1.807) is 0 Å². The lowest BCUT2D eigenvalue weighted by Crippen LogP contribution is -2.21. The second kappa shape index (κ2) is 3.38. The van der Waals surface area contributed by atoms with Gasteiger partial charge in [-0.2, -0.15) is 0 Å². The van der Waals surface area contributed by atoms with Crippen molar-refractivity contribution in [2.24, 2.45) is 11.8 Å². The smallest absolute Gasteiger partial charge is 0.0626 e. The zero-order valence-corrected chi connectivity index (χ0v) is 7.26. The molecule has 0 aliphatic carbocycles. The summed E-state index contributed by atoms with van der Waals surface area (Å²) in [6, 6.07) is 0. The first-order valence-corrected chi connectivity index (χ1v) is 4.37. The molecule has 0 saturated carbocycles. The molecule has 1 aliphatic rings. The third kappa shape index (κ3) is 1.51. The van der Waals surface area contributed by atoms with Crippen molar-refractivity contribution in [2.45, 2.75) is 39.7 Å². The molecule has 1 aliphatic heterocycles. The van der Waals surface area contributed by atoms with Crippen molar-refractivity contribution in [2.75, 3.05) is 6.61 Å². The number of rotatable bonds is 2. The van der Waals surface area contributed by atoms with Gasteiger partial charge in [-0.25, -0.2) is 0 Å². The van der Waals surface area contributed by atoms with Crippen LogP contribution in [0.1, 0.15) is 33.6 Å². The fraction of sp³-hybridized carbons (Fsp3) is 1.00. The van der Waals surface area contributed by atoms with Crippen molar-refractivity contribution in [3.63, 3.8) is 0 Å². The minimum Gasteiger partial charge on any atom is -0.378 e. The minimum absolute atomic E-state index is 0.546. The number of ether oxygens (including phenoxy) is 1. The van der Waals surface area contributed by atoms with Crippen LogP contribution in [0.15, 0.2) is 0 Å². The summed E-state index contributed by atoms with van der Waals surface area (Å²) in [6.07, 6.45) is 3.10. The third-order valence-corrected chi connectivity index (χ3v) is 2.45. The predicted molar refractivity (Wildman–Crippen MR) is 43.0 cm³/mol. The molecule has 0 N–H and O–H groups in total. The van der Waals surface area contributed by atoms with Crippen LogP contribution in [-0.4, -0.2) is 12.7 Å². The maximum Gasteiger partial charge on any atom is 0.0626 e. The molecule has 1 heteroatoms. The van der Waals surface area contributed by atoms with Gasteiger partial charge in [0, 0.05) is 6.61 Å². The topological polar surface area (TPSA) is 9.23 Å². The van der Waals surface area contributed by atoms with Gasteiger partial charge in [0.25, 0.3) is 0 Å². The predicted octanol–water partition coefficient (Wildman–Crippen LogP) is 2.46. The SMILES string of the molecule is CC[C@@H]1CCOC1C(C)C. The first kappa shape index (κ1) is 8.06. The highest BCUT2D eigenvalue weighted by atomic mass is 16.5. The standard InChI is InChI=1S/C9H18O/c1-4-8-5-6-10-9(8)7(2)3/h7-9H,4-6H2,1-3H3/t8-,9?/m1/s1. The Morgan fingerprint density at radius 1 is 1.50 bits per heavy atom. The largest absolute Gasteiger partial charge is 0.378 e. The second-order valence-corrected chi connectivity index (χ2v) is 3.54. The molecule has 0 aromatic carbocycles. The van der Waals surface area contributed by atoms with Gasteiger partial charge < -0.3 is 4.74 Å². The van der Waals surface area contributed by atoms with Crippen molar-refractivity contribution >= 4 is 0 Å². The van der Waals surface area contributed by atoms with E-state index < -0.39 is 0 Å². The van der Waals surface area contributed by atoms with E-state index >= 15 is 0 Å². The molecule has 2 atom stereocenters. The van der Waals surface area contributed by atoms with Crippen LogP contribution in [0.5, 0.6) is 0 Å². The monoisotopic (exact) mass is 142 g/mol. The van der Waals surface area contributed by atoms with Crippen molar-refractivity contribution < 1.29 is 4.74 Å². The van der Waals surface area contributed by atoms with Crippen LogP contribution >= 0.6 is 0 Å². The van der Waals surface area contributed by atoms with Gasteiger partial charge in [-0.3, -0.25) is 0 Å². The van der Waals surface area contributed by atoms with Gasteiger partial charge in [0.1, 0.15) is 0 Å². The van der Waals surface area contributed by atoms with E-state index in [0.29, 0.717) is 12.0 Å². The molecular formula is C9H18O. The third-order valence-electron chi connectivity index (χ3n) is 2.45. The molecule has 60 valence electrons. The molecule has 0 amide bonds. The van der Waals surface area contributed by atoms with E-state index in [-0.39, 0.29) is 0 Å². The molecule has 1 nitrogen and oxygen atoms in total. The number of hydrogen-bond donors (Lipinski definition) is 0. The average Bonchev–Trinajstić information content (AvgIpc) is 2.33. The van der Waals surface area contributed by atoms with Crippen LogP contribution in [0.4, 0.5) is 0 Å². The molecule has 10 heavy (non-hydrogen) atoms. The summed E-state index contributed by atoms with van der Waals surface area (Å²) in [5.41, 5.74) is 0. The molecule has 0 aromatic heterocycles. The van der Waals surface area contributed by atoms with E-state index in [2.05, 4.69) is 20.8 Å². The lowest BCUT2D eigenvalue weighted by atomic mass is 9.91. The first-order chi connectivity index (χ1) is 4.75. The van der Waals surface area contributed by atoms with E-state index in [4.69, 9.17) is 4.74 Å². The number of hydrogen-bond acceptors (Lipinski definition) is 1. The molecule has 0 radical (unpaired) electrons. The van der Waals surface area contributed by atoms with Crippen molar-refractivity contribution in [1.29, 1.82) is 0 Å². The highest BCUT2D eigenvalue weighted by molar-refractivity contribution is 4.77. The van der Waals surface area contributed by atoms with Crippen molar-refractivity contribution in [3.05, 3.63) is 0 Å². The Hall–Kier alpha value is -0.0400. The second-order valence-electron chi connectivity index (χ2n) is 3.54. The normalized spacial score (nSPS) is 33.6. The van der Waals surface area contributed by atoms with E-state index in [0.717, 1.165) is 12.5 Å². The van der Waals surface area contributed by atoms with Crippen LogP contribution in [0.3, 0.4) is 0 Å². The van der Waals surface area contributed by atoms with E-state index in [1.807, 2.05) is 0 Å². The summed E-state index contributed by atoms with van der Waals surface area (Å²) in [5, 5.41) is 0. The van der Waals surface area contributed by atoms with Crippen LogP contribution in [0.2, 0.25) is 0 Å². The summed E-state index contributed by atoms with van der Waals surface area (Å²) >= 11 is 0. The van der Waals surface area contributed by atoms with Crippen LogP contribution < -0.4 is 0 Å². The van der Waals surface area contributed by atoms with Gasteiger partial charge in [0.05, 0.1) is 6.10 Å². The van der Waals surface area contributed by atoms with E-state index in [9.17, 15) is 0 Å². The van der Waals surface area contributed by atoms with Crippen molar-refractivity contribution in [3.8, 4) is 0 Å². The highest BCUT2D eigenvalue weighted by Gasteiger charge is 2.28. The molecule has 0 aromatic rings. The first-order valence-electron chi connectivity index (χ1n) is 4.37. The maximum absolute atomic E-state index is 5.62. The van der Waals surface area contributed by atoms with Gasteiger partial charge in [0.15, 0.2) is 0 Å². The Bertz CT molecular complexity index is 98.9. The fourth-order valence-electron chi connectivity index (χ4n) is 1.83. The Balaban J connectivity index is 2.42. The van der Waals surface area contributed by atoms with Gasteiger partial charge >= 0.3 is 0 Å². The van der Waals surface area contributed by atoms with Gasteiger partial charge in [0.2, 0.25) is 0 Å². The Morgan fingerprint density at radius 2 is 2.20 bits per heavy atom. The summed E-state index contributed by atoms with van der Waals surface area (Å²) in [6.45, 7) is 7.74. The van der Waals surface area contributed by atoms with Gasteiger partial charge in [-0.1, -0.05) is 27.2 Å². The van der Waals surface area contributed by atoms with Gasteiger partial charge in [-0.15, -0.1) is 0 Å². The molecule has 0 spiro atoms. The molecule has 1 heterocycles. The maximum atomic E-state index is 5.62. The molecule has 1 fully saturated rings. The lowest BCUT2D eigenvalue weighted by molar-refractivity contribution is 0.0532. The minimum atomic E-state index is 0.546. The van der Waals surface area contributed by atoms with E-state index in [1.165, 1.54) is 12.8 Å². The molecular weight excluding hydrogens is 124 g/mol. The highest BCUT2D eigenvalue weighted by Crippen LogP contribution is 2.28. The van der Waals surface area contributed by atoms with Crippen LogP contribution in [0.25, 0.3) is 0 Å². The summed E-state index contributed by atoms with van der Waals surface area (Å²) in [5.74, 6) is 1.53. The zero-order valence-electron chi connectivity index (χ0n) is 7.26. The van der Waals surface area contributed by atoms with Crippen molar-refractivity contribution in [1.82, 2.24) is 0 Å². The van der Waals surface area contributed by atoms with Gasteiger partial charge in [-0.05, 0) is 18.3 Å². The fourth-order valence-corrected chi connectivity index (χ4v) is 1.83. The Labute approximate surface area is 63.8 Å². The zero-order chi connectivity index (χ0) is 7.56. The summed E-state index contributed by atoms with van der Waals surface area (Å²) < 4.78 is 5.62. The Kier molecular flexibility index (Phi) is 2.72.